The van der Waals surface area contributed by atoms with E-state index in [0.717, 1.165) is 24.4 Å². The van der Waals surface area contributed by atoms with Gasteiger partial charge in [-0.15, -0.1) is 0 Å². The van der Waals surface area contributed by atoms with E-state index in [1.54, 1.807) is 0 Å². The molecular formula is C17H9ClF6N4O. The lowest BCUT2D eigenvalue weighted by molar-refractivity contribution is -0.144. The first-order valence-corrected chi connectivity index (χ1v) is 8.12. The Bertz CT molecular complexity index is 1030. The molecule has 0 saturated carbocycles. The van der Waals surface area contributed by atoms with E-state index in [-0.39, 0.29) is 21.2 Å². The SMILES string of the molecule is O=C(Nc1ccc(Cl)cn1)c1c(C(F)(F)F)nn(-c2ccccc2)c1C(F)(F)F. The Hall–Kier alpha value is -3.08. The first-order chi connectivity index (χ1) is 13.5. The Labute approximate surface area is 163 Å². The molecule has 5 nitrogen and oxygen atoms in total. The number of pyridine rings is 1. The molecule has 1 N–H and O–H groups in total. The van der Waals surface area contributed by atoms with E-state index in [0.29, 0.717) is 0 Å². The smallest absolute Gasteiger partial charge is 0.306 e. The molecule has 1 aromatic carbocycles. The molecule has 0 bridgehead atoms. The molecule has 3 aromatic rings. The van der Waals surface area contributed by atoms with Crippen molar-refractivity contribution in [3.05, 3.63) is 70.6 Å². The van der Waals surface area contributed by atoms with Crippen LogP contribution in [-0.4, -0.2) is 20.7 Å². The third-order valence-electron chi connectivity index (χ3n) is 3.62. The summed E-state index contributed by atoms with van der Waals surface area (Å²) in [4.78, 5) is 16.1. The topological polar surface area (TPSA) is 59.8 Å². The quantitative estimate of drug-likeness (QED) is 0.576. The lowest BCUT2D eigenvalue weighted by Gasteiger charge is -2.13. The van der Waals surface area contributed by atoms with Gasteiger partial charge >= 0.3 is 12.4 Å². The normalized spacial score (nSPS) is 12.1. The van der Waals surface area contributed by atoms with Gasteiger partial charge in [-0.1, -0.05) is 29.8 Å². The number of carbonyl (C=O) groups is 1. The van der Waals surface area contributed by atoms with Crippen LogP contribution in [0.2, 0.25) is 5.02 Å². The van der Waals surface area contributed by atoms with Crippen LogP contribution < -0.4 is 5.32 Å². The molecule has 2 heterocycles. The van der Waals surface area contributed by atoms with Gasteiger partial charge in [-0.3, -0.25) is 4.79 Å². The fourth-order valence-electron chi connectivity index (χ4n) is 2.48. The molecule has 0 spiro atoms. The average Bonchev–Trinajstić information content (AvgIpc) is 3.06. The molecule has 0 aliphatic carbocycles. The summed E-state index contributed by atoms with van der Waals surface area (Å²) in [5, 5.41) is 5.14. The Kier molecular flexibility index (Phi) is 5.26. The Morgan fingerprint density at radius 1 is 0.966 bits per heavy atom. The van der Waals surface area contributed by atoms with Crippen molar-refractivity contribution in [3.8, 4) is 5.69 Å². The van der Waals surface area contributed by atoms with Crippen molar-refractivity contribution in [2.75, 3.05) is 5.32 Å². The molecule has 12 heteroatoms. The standard InChI is InChI=1S/C17H9ClF6N4O/c18-9-6-7-11(25-8-9)26-15(29)12-13(16(19,20)21)27-28(14(12)17(22,23)24)10-4-2-1-3-5-10/h1-8H,(H,25,26,29). The molecule has 2 aromatic heterocycles. The molecule has 0 unspecified atom stereocenters. The van der Waals surface area contributed by atoms with E-state index in [1.165, 1.54) is 24.3 Å². The molecule has 3 rings (SSSR count). The van der Waals surface area contributed by atoms with Crippen LogP contribution in [0, 0.1) is 0 Å². The van der Waals surface area contributed by atoms with Crippen molar-refractivity contribution in [1.29, 1.82) is 0 Å². The first kappa shape index (κ1) is 20.6. The second-order valence-electron chi connectivity index (χ2n) is 5.63. The van der Waals surface area contributed by atoms with Gasteiger partial charge < -0.3 is 5.32 Å². The summed E-state index contributed by atoms with van der Waals surface area (Å²) in [6, 6.07) is 8.75. The third kappa shape index (κ3) is 4.34. The summed E-state index contributed by atoms with van der Waals surface area (Å²) in [5.74, 6) is -1.95. The number of hydrogen-bond donors (Lipinski definition) is 1. The van der Waals surface area contributed by atoms with Crippen molar-refractivity contribution in [2.45, 2.75) is 12.4 Å². The summed E-state index contributed by atoms with van der Waals surface area (Å²) in [7, 11) is 0. The minimum Gasteiger partial charge on any atom is -0.306 e. The van der Waals surface area contributed by atoms with E-state index in [2.05, 4.69) is 10.1 Å². The number of anilines is 1. The summed E-state index contributed by atoms with van der Waals surface area (Å²) < 4.78 is 81.5. The van der Waals surface area contributed by atoms with Crippen LogP contribution in [0.1, 0.15) is 21.7 Å². The first-order valence-electron chi connectivity index (χ1n) is 7.74. The minimum absolute atomic E-state index is 0.0486. The maximum atomic E-state index is 13.7. The molecule has 0 aliphatic rings. The Morgan fingerprint density at radius 2 is 1.62 bits per heavy atom. The lowest BCUT2D eigenvalue weighted by atomic mass is 10.1. The number of carbonyl (C=O) groups excluding carboxylic acids is 1. The zero-order chi connectivity index (χ0) is 21.4. The van der Waals surface area contributed by atoms with Crippen molar-refractivity contribution in [2.24, 2.45) is 0 Å². The number of amides is 1. The van der Waals surface area contributed by atoms with Gasteiger partial charge in [0.25, 0.3) is 5.91 Å². The fraction of sp³-hybridized carbons (Fsp3) is 0.118. The molecule has 1 amide bonds. The van der Waals surface area contributed by atoms with Gasteiger partial charge in [-0.25, -0.2) is 9.67 Å². The van der Waals surface area contributed by atoms with Crippen molar-refractivity contribution in [3.63, 3.8) is 0 Å². The van der Waals surface area contributed by atoms with Gasteiger partial charge in [0.2, 0.25) is 0 Å². The van der Waals surface area contributed by atoms with Gasteiger partial charge in [0.1, 0.15) is 11.4 Å². The number of alkyl halides is 6. The zero-order valence-corrected chi connectivity index (χ0v) is 14.8. The molecule has 152 valence electrons. The highest BCUT2D eigenvalue weighted by atomic mass is 35.5. The zero-order valence-electron chi connectivity index (χ0n) is 14.0. The van der Waals surface area contributed by atoms with E-state index in [1.807, 2.05) is 5.32 Å². The third-order valence-corrected chi connectivity index (χ3v) is 3.84. The van der Waals surface area contributed by atoms with Crippen molar-refractivity contribution < 1.29 is 31.1 Å². The Morgan fingerprint density at radius 3 is 2.14 bits per heavy atom. The lowest BCUT2D eigenvalue weighted by Crippen LogP contribution is -2.23. The van der Waals surface area contributed by atoms with E-state index < -0.39 is 35.2 Å². The second-order valence-corrected chi connectivity index (χ2v) is 6.07. The highest BCUT2D eigenvalue weighted by Gasteiger charge is 2.49. The molecule has 0 aliphatic heterocycles. The number of para-hydroxylation sites is 1. The van der Waals surface area contributed by atoms with Gasteiger partial charge in [0, 0.05) is 6.20 Å². The molecule has 0 radical (unpaired) electrons. The molecule has 0 fully saturated rings. The van der Waals surface area contributed by atoms with Gasteiger partial charge in [0.15, 0.2) is 11.4 Å². The number of nitrogens with one attached hydrogen (secondary N) is 1. The number of benzene rings is 1. The number of hydrogen-bond acceptors (Lipinski definition) is 3. The van der Waals surface area contributed by atoms with Gasteiger partial charge in [-0.05, 0) is 24.3 Å². The van der Waals surface area contributed by atoms with Crippen molar-refractivity contribution >= 4 is 23.3 Å². The summed E-state index contributed by atoms with van der Waals surface area (Å²) >= 11 is 5.62. The maximum absolute atomic E-state index is 13.7. The predicted octanol–water partition coefficient (Wildman–Crippen LogP) is 5.21. The van der Waals surface area contributed by atoms with E-state index in [9.17, 15) is 31.1 Å². The number of rotatable bonds is 3. The van der Waals surface area contributed by atoms with Crippen LogP contribution >= 0.6 is 11.6 Å². The highest BCUT2D eigenvalue weighted by molar-refractivity contribution is 6.30. The monoisotopic (exact) mass is 434 g/mol. The largest absolute Gasteiger partial charge is 0.436 e. The summed E-state index contributed by atoms with van der Waals surface area (Å²) in [6.07, 6.45) is -9.56. The molecular weight excluding hydrogens is 426 g/mol. The summed E-state index contributed by atoms with van der Waals surface area (Å²) in [5.41, 5.74) is -5.79. The van der Waals surface area contributed by atoms with Crippen LogP contribution in [0.25, 0.3) is 5.69 Å². The number of aromatic nitrogens is 3. The number of nitrogens with zero attached hydrogens (tertiary/aromatic N) is 3. The Balaban J connectivity index is 2.21. The average molecular weight is 435 g/mol. The van der Waals surface area contributed by atoms with E-state index in [4.69, 9.17) is 11.6 Å². The van der Waals surface area contributed by atoms with Crippen molar-refractivity contribution in [1.82, 2.24) is 14.8 Å². The summed E-state index contributed by atoms with van der Waals surface area (Å²) in [6.45, 7) is 0. The van der Waals surface area contributed by atoms with Crippen LogP contribution in [0.4, 0.5) is 32.2 Å². The van der Waals surface area contributed by atoms with Crippen LogP contribution in [0.3, 0.4) is 0 Å². The molecule has 0 atom stereocenters. The maximum Gasteiger partial charge on any atom is 0.436 e. The molecule has 29 heavy (non-hydrogen) atoms. The van der Waals surface area contributed by atoms with Crippen LogP contribution in [0.5, 0.6) is 0 Å². The second kappa shape index (κ2) is 7.39. The van der Waals surface area contributed by atoms with Crippen LogP contribution in [0.15, 0.2) is 48.7 Å². The van der Waals surface area contributed by atoms with E-state index >= 15 is 0 Å². The fourth-order valence-corrected chi connectivity index (χ4v) is 2.59. The number of halogens is 7. The highest BCUT2D eigenvalue weighted by Crippen LogP contribution is 2.40. The van der Waals surface area contributed by atoms with Gasteiger partial charge in [0.05, 0.1) is 10.7 Å². The van der Waals surface area contributed by atoms with Crippen LogP contribution in [-0.2, 0) is 12.4 Å². The molecule has 0 saturated heterocycles. The minimum atomic E-state index is -5.32. The van der Waals surface area contributed by atoms with Gasteiger partial charge in [-0.2, -0.15) is 31.4 Å². The predicted molar refractivity (Wildman–Crippen MR) is 90.8 cm³/mol.